The smallest absolute Gasteiger partial charge is 0.282 e. The van der Waals surface area contributed by atoms with Gasteiger partial charge in [0.25, 0.3) is 5.56 Å². The van der Waals surface area contributed by atoms with E-state index in [0.29, 0.717) is 23.1 Å². The highest BCUT2D eigenvalue weighted by molar-refractivity contribution is 14.1. The monoisotopic (exact) mass is 567 g/mol. The Balaban J connectivity index is 1.99. The summed E-state index contributed by atoms with van der Waals surface area (Å²) in [5.41, 5.74) is 1.42. The lowest BCUT2D eigenvalue weighted by Crippen LogP contribution is -2.22. The third-order valence-corrected chi connectivity index (χ3v) is 5.87. The first-order valence-electron chi connectivity index (χ1n) is 9.64. The van der Waals surface area contributed by atoms with E-state index in [1.54, 1.807) is 12.3 Å². The van der Waals surface area contributed by atoms with E-state index >= 15 is 0 Å². The molecule has 0 aliphatic carbocycles. The number of rotatable bonds is 7. The summed E-state index contributed by atoms with van der Waals surface area (Å²) in [6.07, 6.45) is 4.37. The van der Waals surface area contributed by atoms with Gasteiger partial charge in [-0.1, -0.05) is 29.8 Å². The van der Waals surface area contributed by atoms with Gasteiger partial charge in [0.15, 0.2) is 0 Å². The van der Waals surface area contributed by atoms with Crippen LogP contribution in [0.3, 0.4) is 0 Å². The van der Waals surface area contributed by atoms with Crippen molar-refractivity contribution in [2.75, 3.05) is 0 Å². The minimum absolute atomic E-state index is 0.164. The SMILES string of the molecule is CCCc1nc2ccc(Br)cc2c(=O)n1N=Cc1ccc(O[C@@H](C)CC)c(I)c1. The molecule has 0 N–H and O–H groups in total. The molecule has 0 radical (unpaired) electrons. The molecule has 0 bridgehead atoms. The molecule has 0 spiro atoms. The van der Waals surface area contributed by atoms with E-state index in [0.717, 1.165) is 32.2 Å². The largest absolute Gasteiger partial charge is 0.490 e. The maximum Gasteiger partial charge on any atom is 0.282 e. The van der Waals surface area contributed by atoms with Crippen molar-refractivity contribution in [3.63, 3.8) is 0 Å². The quantitative estimate of drug-likeness (QED) is 0.269. The summed E-state index contributed by atoms with van der Waals surface area (Å²) < 4.78 is 9.18. The van der Waals surface area contributed by atoms with Crippen LogP contribution in [0.25, 0.3) is 10.9 Å². The highest BCUT2D eigenvalue weighted by atomic mass is 127. The summed E-state index contributed by atoms with van der Waals surface area (Å²) in [5.74, 6) is 1.52. The number of ether oxygens (including phenoxy) is 1. The van der Waals surface area contributed by atoms with Crippen molar-refractivity contribution in [3.05, 3.63) is 66.2 Å². The maximum atomic E-state index is 13.0. The van der Waals surface area contributed by atoms with Crippen LogP contribution < -0.4 is 10.3 Å². The predicted molar refractivity (Wildman–Crippen MR) is 130 cm³/mol. The number of hydrogen-bond acceptors (Lipinski definition) is 4. The summed E-state index contributed by atoms with van der Waals surface area (Å²) in [7, 11) is 0. The van der Waals surface area contributed by atoms with E-state index in [4.69, 9.17) is 4.74 Å². The second-order valence-electron chi connectivity index (χ2n) is 6.83. The highest BCUT2D eigenvalue weighted by Gasteiger charge is 2.11. The normalized spacial score (nSPS) is 12.6. The Morgan fingerprint density at radius 2 is 2.07 bits per heavy atom. The Labute approximate surface area is 192 Å². The molecule has 0 amide bonds. The Bertz CT molecular complexity index is 1110. The van der Waals surface area contributed by atoms with Crippen LogP contribution in [-0.2, 0) is 6.42 Å². The average molecular weight is 568 g/mol. The number of fused-ring (bicyclic) bond motifs is 1. The van der Waals surface area contributed by atoms with Crippen LogP contribution in [0.1, 0.15) is 45.0 Å². The molecule has 7 heteroatoms. The molecule has 5 nitrogen and oxygen atoms in total. The van der Waals surface area contributed by atoms with Crippen LogP contribution in [0.15, 0.2) is 50.8 Å². The number of hydrogen-bond donors (Lipinski definition) is 0. The van der Waals surface area contributed by atoms with Gasteiger partial charge in [-0.25, -0.2) is 4.98 Å². The lowest BCUT2D eigenvalue weighted by Gasteiger charge is -2.14. The van der Waals surface area contributed by atoms with E-state index in [1.807, 2.05) is 30.3 Å². The summed E-state index contributed by atoms with van der Waals surface area (Å²) in [6.45, 7) is 6.21. The van der Waals surface area contributed by atoms with Gasteiger partial charge in [-0.3, -0.25) is 4.79 Å². The van der Waals surface area contributed by atoms with Crippen molar-refractivity contribution in [2.24, 2.45) is 5.10 Å². The molecule has 3 aromatic rings. The summed E-state index contributed by atoms with van der Waals surface area (Å²) in [4.78, 5) is 17.7. The minimum Gasteiger partial charge on any atom is -0.490 e. The molecule has 1 atom stereocenters. The zero-order valence-corrected chi connectivity index (χ0v) is 20.4. The van der Waals surface area contributed by atoms with Crippen molar-refractivity contribution < 1.29 is 4.74 Å². The Kier molecular flexibility index (Phi) is 7.45. The van der Waals surface area contributed by atoms with Crippen LogP contribution >= 0.6 is 38.5 Å². The first-order chi connectivity index (χ1) is 13.9. The summed E-state index contributed by atoms with van der Waals surface area (Å²) in [5, 5.41) is 5.02. The van der Waals surface area contributed by atoms with E-state index in [1.165, 1.54) is 4.68 Å². The van der Waals surface area contributed by atoms with Gasteiger partial charge >= 0.3 is 0 Å². The van der Waals surface area contributed by atoms with Crippen molar-refractivity contribution >= 4 is 55.6 Å². The Hall–Kier alpha value is -1.74. The molecule has 1 aromatic heterocycles. The minimum atomic E-state index is -0.164. The third kappa shape index (κ3) is 5.25. The van der Waals surface area contributed by atoms with E-state index < -0.39 is 0 Å². The van der Waals surface area contributed by atoms with Gasteiger partial charge in [-0.2, -0.15) is 9.78 Å². The van der Waals surface area contributed by atoms with Gasteiger partial charge in [-0.05, 0) is 84.3 Å². The van der Waals surface area contributed by atoms with E-state index in [-0.39, 0.29) is 11.7 Å². The van der Waals surface area contributed by atoms with Crippen LogP contribution in [0.4, 0.5) is 0 Å². The second kappa shape index (κ2) is 9.84. The molecule has 0 aliphatic rings. The molecular weight excluding hydrogens is 545 g/mol. The lowest BCUT2D eigenvalue weighted by atomic mass is 10.2. The lowest BCUT2D eigenvalue weighted by molar-refractivity contribution is 0.216. The number of aromatic nitrogens is 2. The van der Waals surface area contributed by atoms with Crippen molar-refractivity contribution in [1.29, 1.82) is 0 Å². The van der Waals surface area contributed by atoms with Gasteiger partial charge in [-0.15, -0.1) is 0 Å². The van der Waals surface area contributed by atoms with Gasteiger partial charge in [0.2, 0.25) is 0 Å². The maximum absolute atomic E-state index is 13.0. The first kappa shape index (κ1) is 22.0. The summed E-state index contributed by atoms with van der Waals surface area (Å²) in [6, 6.07) is 11.4. The number of benzene rings is 2. The molecule has 0 aliphatic heterocycles. The van der Waals surface area contributed by atoms with Gasteiger partial charge in [0, 0.05) is 10.9 Å². The molecule has 2 aromatic carbocycles. The third-order valence-electron chi connectivity index (χ3n) is 4.53. The Morgan fingerprint density at radius 1 is 1.28 bits per heavy atom. The van der Waals surface area contributed by atoms with Crippen LogP contribution in [0.2, 0.25) is 0 Å². The topological polar surface area (TPSA) is 56.5 Å². The fourth-order valence-electron chi connectivity index (χ4n) is 2.82. The van der Waals surface area contributed by atoms with Crippen LogP contribution in [0, 0.1) is 3.57 Å². The van der Waals surface area contributed by atoms with Crippen molar-refractivity contribution in [3.8, 4) is 5.75 Å². The average Bonchev–Trinajstić information content (AvgIpc) is 2.70. The van der Waals surface area contributed by atoms with Crippen LogP contribution in [-0.4, -0.2) is 22.0 Å². The van der Waals surface area contributed by atoms with E-state index in [9.17, 15) is 4.79 Å². The Morgan fingerprint density at radius 3 is 2.76 bits per heavy atom. The molecule has 152 valence electrons. The number of aryl methyl sites for hydroxylation is 1. The molecule has 0 unspecified atom stereocenters. The first-order valence-corrected chi connectivity index (χ1v) is 11.5. The standard InChI is InChI=1S/C22H23BrIN3O2/c1-4-6-21-26-19-9-8-16(23)12-17(19)22(28)27(21)25-13-15-7-10-20(18(24)11-15)29-14(3)5-2/h7-14H,4-6H2,1-3H3/t14-/m0/s1. The molecular formula is C22H23BrIN3O2. The van der Waals surface area contributed by atoms with Gasteiger partial charge < -0.3 is 4.74 Å². The molecule has 29 heavy (non-hydrogen) atoms. The molecule has 1 heterocycles. The second-order valence-corrected chi connectivity index (χ2v) is 8.91. The van der Waals surface area contributed by atoms with Crippen molar-refractivity contribution in [1.82, 2.24) is 9.66 Å². The fraction of sp³-hybridized carbons (Fsp3) is 0.318. The molecule has 0 fully saturated rings. The fourth-order valence-corrected chi connectivity index (χ4v) is 3.84. The summed E-state index contributed by atoms with van der Waals surface area (Å²) >= 11 is 5.68. The number of halogens is 2. The predicted octanol–water partition coefficient (Wildman–Crippen LogP) is 5.78. The van der Waals surface area contributed by atoms with Crippen LogP contribution in [0.5, 0.6) is 5.75 Å². The molecule has 0 saturated heterocycles. The van der Waals surface area contributed by atoms with Crippen molar-refractivity contribution in [2.45, 2.75) is 46.1 Å². The van der Waals surface area contributed by atoms with Gasteiger partial charge in [0.05, 0.1) is 26.8 Å². The highest BCUT2D eigenvalue weighted by Crippen LogP contribution is 2.23. The number of nitrogens with zero attached hydrogens (tertiary/aromatic N) is 3. The zero-order valence-electron chi connectivity index (χ0n) is 16.7. The van der Waals surface area contributed by atoms with E-state index in [2.05, 4.69) is 69.4 Å². The zero-order chi connectivity index (χ0) is 21.0. The van der Waals surface area contributed by atoms with Gasteiger partial charge in [0.1, 0.15) is 11.6 Å². The molecule has 0 saturated carbocycles. The molecule has 3 rings (SSSR count).